The van der Waals surface area contributed by atoms with Gasteiger partial charge in [-0.15, -0.1) is 0 Å². The predicted octanol–water partition coefficient (Wildman–Crippen LogP) is 5.27. The van der Waals surface area contributed by atoms with Gasteiger partial charge in [0.2, 0.25) is 0 Å². The van der Waals surface area contributed by atoms with E-state index >= 15 is 0 Å². The molecule has 0 radical (unpaired) electrons. The first-order valence-corrected chi connectivity index (χ1v) is 12.3. The summed E-state index contributed by atoms with van der Waals surface area (Å²) in [5, 5.41) is 5.78. The van der Waals surface area contributed by atoms with E-state index in [0.717, 1.165) is 0 Å². The van der Waals surface area contributed by atoms with Gasteiger partial charge in [-0.25, -0.2) is 0 Å². The summed E-state index contributed by atoms with van der Waals surface area (Å²) in [5.41, 5.74) is 5.25. The molecule has 0 atom stereocenters. The molecule has 0 aliphatic carbocycles. The van der Waals surface area contributed by atoms with E-state index in [1.165, 1.54) is 43.5 Å². The average Bonchev–Trinajstić information content (AvgIpc) is 2.69. The van der Waals surface area contributed by atoms with Gasteiger partial charge < -0.3 is 0 Å². The van der Waals surface area contributed by atoms with Gasteiger partial charge in [0.25, 0.3) is 0 Å². The zero-order valence-corrected chi connectivity index (χ0v) is 18.7. The number of hydrogen-bond acceptors (Lipinski definition) is 0. The molecule has 146 valence electrons. The van der Waals surface area contributed by atoms with Crippen LogP contribution in [0.25, 0.3) is 0 Å². The Hall–Kier alpha value is -2.69. The zero-order chi connectivity index (χ0) is 20.4. The van der Waals surface area contributed by atoms with Gasteiger partial charge in [0.05, 0.1) is 0 Å². The monoisotopic (exact) mass is 396 g/mol. The van der Waals surface area contributed by atoms with Gasteiger partial charge in [-0.2, -0.15) is 0 Å². The third-order valence-corrected chi connectivity index (χ3v) is 10.5. The van der Waals surface area contributed by atoms with Gasteiger partial charge >= 0.3 is 175 Å². The first-order valence-electron chi connectivity index (χ1n) is 10.3. The van der Waals surface area contributed by atoms with Crippen LogP contribution in [0.2, 0.25) is 0 Å². The molecular formula is C28H29P. The molecule has 0 saturated carbocycles. The summed E-state index contributed by atoms with van der Waals surface area (Å²) < 4.78 is 0. The van der Waals surface area contributed by atoms with Crippen LogP contribution in [0.1, 0.15) is 22.3 Å². The minimum absolute atomic E-state index is 1.31. The Kier molecular flexibility index (Phi) is 5.39. The predicted molar refractivity (Wildman–Crippen MR) is 132 cm³/mol. The fourth-order valence-corrected chi connectivity index (χ4v) is 9.67. The van der Waals surface area contributed by atoms with Crippen molar-refractivity contribution in [3.63, 3.8) is 0 Å². The topological polar surface area (TPSA) is 0 Å². The molecule has 0 heterocycles. The maximum absolute atomic E-state index is 2.43. The van der Waals surface area contributed by atoms with Crippen LogP contribution in [-0.2, 0) is 0 Å². The van der Waals surface area contributed by atoms with Crippen molar-refractivity contribution in [1.29, 1.82) is 0 Å². The van der Waals surface area contributed by atoms with Gasteiger partial charge in [0.1, 0.15) is 0 Å². The van der Waals surface area contributed by atoms with Crippen LogP contribution in [0.4, 0.5) is 0 Å². The van der Waals surface area contributed by atoms with E-state index in [4.69, 9.17) is 0 Å². The fraction of sp³-hybridized carbons (Fsp3) is 0.143. The minimum atomic E-state index is -2.43. The SMILES string of the molecule is Cc1cccc([PH](c2cccc(C)c2)(c2cccc(C)c2)c2cccc(C)c2)c1. The van der Waals surface area contributed by atoms with Gasteiger partial charge in [0, 0.05) is 0 Å². The molecule has 0 spiro atoms. The van der Waals surface area contributed by atoms with Crippen LogP contribution in [0.15, 0.2) is 97.1 Å². The summed E-state index contributed by atoms with van der Waals surface area (Å²) in [4.78, 5) is 0. The quantitative estimate of drug-likeness (QED) is 0.412. The summed E-state index contributed by atoms with van der Waals surface area (Å²) in [6.45, 7) is 8.80. The second-order valence-corrected chi connectivity index (χ2v) is 12.0. The number of hydrogen-bond donors (Lipinski definition) is 0. The molecule has 1 heteroatoms. The molecule has 4 rings (SSSR count). The molecule has 0 fully saturated rings. The van der Waals surface area contributed by atoms with E-state index < -0.39 is 7.26 Å². The van der Waals surface area contributed by atoms with Crippen LogP contribution in [-0.4, -0.2) is 0 Å². The summed E-state index contributed by atoms with van der Waals surface area (Å²) in [6, 6.07) is 36.6. The van der Waals surface area contributed by atoms with Crippen molar-refractivity contribution in [2.45, 2.75) is 27.7 Å². The van der Waals surface area contributed by atoms with Crippen molar-refractivity contribution >= 4 is 28.5 Å². The second kappa shape index (κ2) is 7.97. The molecule has 0 amide bonds. The Labute approximate surface area is 175 Å². The van der Waals surface area contributed by atoms with E-state index in [9.17, 15) is 0 Å². The number of aryl methyl sites for hydroxylation is 4. The van der Waals surface area contributed by atoms with Gasteiger partial charge in [0.15, 0.2) is 0 Å². The van der Waals surface area contributed by atoms with E-state index in [1.54, 1.807) is 0 Å². The maximum atomic E-state index is 2.40. The first kappa shape index (κ1) is 19.6. The molecule has 0 aliphatic heterocycles. The van der Waals surface area contributed by atoms with E-state index in [2.05, 4.69) is 125 Å². The van der Waals surface area contributed by atoms with E-state index in [1.807, 2.05) is 0 Å². The van der Waals surface area contributed by atoms with Crippen LogP contribution >= 0.6 is 7.26 Å². The molecule has 29 heavy (non-hydrogen) atoms. The molecule has 4 aromatic rings. The van der Waals surface area contributed by atoms with Crippen molar-refractivity contribution in [3.05, 3.63) is 119 Å². The van der Waals surface area contributed by atoms with Gasteiger partial charge in [-0.05, 0) is 0 Å². The Morgan fingerprint density at radius 1 is 0.379 bits per heavy atom. The Morgan fingerprint density at radius 2 is 0.621 bits per heavy atom. The standard InChI is InChI=1S/C28H29P/c1-21-9-5-13-25(17-21)29(26-14-6-10-22(2)18-26,27-15-7-11-23(3)19-27)28-16-8-12-24(4)20-28/h5-20,29H,1-4H3. The van der Waals surface area contributed by atoms with Crippen molar-refractivity contribution in [3.8, 4) is 0 Å². The number of rotatable bonds is 4. The Bertz CT molecular complexity index is 969. The van der Waals surface area contributed by atoms with Crippen LogP contribution in [0.3, 0.4) is 0 Å². The van der Waals surface area contributed by atoms with Crippen LogP contribution < -0.4 is 21.2 Å². The average molecular weight is 397 g/mol. The zero-order valence-electron chi connectivity index (χ0n) is 17.7. The van der Waals surface area contributed by atoms with Crippen molar-refractivity contribution in [2.24, 2.45) is 0 Å². The molecule has 0 unspecified atom stereocenters. The van der Waals surface area contributed by atoms with Crippen molar-refractivity contribution in [1.82, 2.24) is 0 Å². The summed E-state index contributed by atoms with van der Waals surface area (Å²) >= 11 is 0. The summed E-state index contributed by atoms with van der Waals surface area (Å²) in [7, 11) is -2.43. The molecule has 0 nitrogen and oxygen atoms in total. The van der Waals surface area contributed by atoms with Gasteiger partial charge in [-0.3, -0.25) is 0 Å². The fourth-order valence-electron chi connectivity index (χ4n) is 4.51. The summed E-state index contributed by atoms with van der Waals surface area (Å²) in [5.74, 6) is 0. The van der Waals surface area contributed by atoms with Crippen molar-refractivity contribution < 1.29 is 0 Å². The van der Waals surface area contributed by atoms with E-state index in [0.29, 0.717) is 0 Å². The first-order chi connectivity index (χ1) is 14.0. The molecule has 0 bridgehead atoms. The molecule has 4 aromatic carbocycles. The second-order valence-electron chi connectivity index (χ2n) is 8.23. The van der Waals surface area contributed by atoms with Crippen LogP contribution in [0, 0.1) is 27.7 Å². The Morgan fingerprint density at radius 3 is 0.828 bits per heavy atom. The molecule has 0 saturated heterocycles. The molecule has 0 aromatic heterocycles. The van der Waals surface area contributed by atoms with Crippen molar-refractivity contribution in [2.75, 3.05) is 0 Å². The molecule has 0 aliphatic rings. The molecular weight excluding hydrogens is 367 g/mol. The summed E-state index contributed by atoms with van der Waals surface area (Å²) in [6.07, 6.45) is 0. The third-order valence-electron chi connectivity index (χ3n) is 5.80. The van der Waals surface area contributed by atoms with Crippen LogP contribution in [0.5, 0.6) is 0 Å². The number of benzene rings is 4. The van der Waals surface area contributed by atoms with E-state index in [-0.39, 0.29) is 0 Å². The van der Waals surface area contributed by atoms with Gasteiger partial charge in [-0.1, -0.05) is 0 Å². The normalized spacial score (nSPS) is 12.0. The Balaban J connectivity index is 2.19. The third kappa shape index (κ3) is 3.66. The molecule has 0 N–H and O–H groups in total.